The van der Waals surface area contributed by atoms with Gasteiger partial charge in [-0.1, -0.05) is 72.7 Å². The highest BCUT2D eigenvalue weighted by Crippen LogP contribution is 2.27. The molecule has 3 aromatic carbocycles. The summed E-state index contributed by atoms with van der Waals surface area (Å²) in [4.78, 5) is 14.2. The monoisotopic (exact) mass is 520 g/mol. The number of fused-ring (bicyclic) bond motifs is 1. The molecule has 4 aromatic rings. The number of benzene rings is 3. The van der Waals surface area contributed by atoms with E-state index in [0.29, 0.717) is 12.1 Å². The van der Waals surface area contributed by atoms with Crippen molar-refractivity contribution >= 4 is 21.6 Å². The fourth-order valence-corrected chi connectivity index (χ4v) is 5.11. The molecular weight excluding hydrogens is 484 g/mol. The van der Waals surface area contributed by atoms with E-state index >= 15 is 0 Å². The van der Waals surface area contributed by atoms with Gasteiger partial charge in [0, 0.05) is 6.61 Å². The molecule has 0 aliphatic heterocycles. The molecule has 7 heteroatoms. The summed E-state index contributed by atoms with van der Waals surface area (Å²) in [6.45, 7) is 3.97. The molecular formula is C30H36N2O4S. The molecule has 0 radical (unpaired) electrons. The summed E-state index contributed by atoms with van der Waals surface area (Å²) in [5.74, 6) is 1.02. The second-order valence-corrected chi connectivity index (χ2v) is 10.1. The van der Waals surface area contributed by atoms with Gasteiger partial charge >= 0.3 is 4.87 Å². The van der Waals surface area contributed by atoms with E-state index in [2.05, 4.69) is 34.6 Å². The van der Waals surface area contributed by atoms with Crippen LogP contribution in [0.5, 0.6) is 11.5 Å². The highest BCUT2D eigenvalue weighted by Gasteiger charge is 2.09. The summed E-state index contributed by atoms with van der Waals surface area (Å²) in [5, 5.41) is 13.4. The first-order valence-corrected chi connectivity index (χ1v) is 13.9. The van der Waals surface area contributed by atoms with Gasteiger partial charge in [0.05, 0.1) is 11.3 Å². The number of phenolic OH excluding ortho intramolecular Hbond substituents is 1. The molecule has 0 amide bonds. The van der Waals surface area contributed by atoms with E-state index in [4.69, 9.17) is 9.47 Å². The van der Waals surface area contributed by atoms with E-state index in [1.54, 1.807) is 6.07 Å². The van der Waals surface area contributed by atoms with Gasteiger partial charge < -0.3 is 24.9 Å². The van der Waals surface area contributed by atoms with Crippen molar-refractivity contribution in [2.75, 3.05) is 26.3 Å². The number of H-pyrrole nitrogens is 1. The number of unbranched alkanes of at least 4 members (excludes halogenated alkanes) is 3. The Labute approximate surface area is 222 Å². The molecule has 196 valence electrons. The Morgan fingerprint density at radius 2 is 1.62 bits per heavy atom. The maximum Gasteiger partial charge on any atom is 0.305 e. The Kier molecular flexibility index (Phi) is 10.6. The van der Waals surface area contributed by atoms with Crippen LogP contribution in [-0.4, -0.2) is 36.4 Å². The van der Waals surface area contributed by atoms with Crippen LogP contribution in [0.1, 0.15) is 42.4 Å². The highest BCUT2D eigenvalue weighted by atomic mass is 32.1. The molecule has 4 rings (SSSR count). The topological polar surface area (TPSA) is 83.6 Å². The standard InChI is InChI=1S/C30H36N2O4S/c33-27-15-12-25(29-28(27)32-30(34)37-29)16-19-31-18-6-1-2-7-20-35-21-17-23-10-13-26(14-11-23)36-22-24-8-4-3-5-9-24/h3-5,8-15,31,33H,1-2,6-7,16-22H2,(H,32,34). The number of hydrogen-bond donors (Lipinski definition) is 3. The zero-order valence-corrected chi connectivity index (χ0v) is 22.0. The van der Waals surface area contributed by atoms with Crippen LogP contribution in [0.3, 0.4) is 0 Å². The van der Waals surface area contributed by atoms with Gasteiger partial charge in [0.2, 0.25) is 0 Å². The molecule has 0 aliphatic carbocycles. The fourth-order valence-electron chi connectivity index (χ4n) is 4.21. The minimum atomic E-state index is -0.131. The summed E-state index contributed by atoms with van der Waals surface area (Å²) >= 11 is 1.16. The first kappa shape index (κ1) is 26.9. The van der Waals surface area contributed by atoms with E-state index in [1.165, 1.54) is 24.0 Å². The van der Waals surface area contributed by atoms with E-state index in [0.717, 1.165) is 79.3 Å². The van der Waals surface area contributed by atoms with Crippen LogP contribution in [0.4, 0.5) is 0 Å². The Balaban J connectivity index is 0.984. The molecule has 0 saturated carbocycles. The smallest absolute Gasteiger partial charge is 0.305 e. The molecule has 37 heavy (non-hydrogen) atoms. The lowest BCUT2D eigenvalue weighted by atomic mass is 10.1. The molecule has 0 bridgehead atoms. The Hall–Kier alpha value is -3.13. The molecule has 0 fully saturated rings. The minimum absolute atomic E-state index is 0.131. The predicted molar refractivity (Wildman–Crippen MR) is 151 cm³/mol. The summed E-state index contributed by atoms with van der Waals surface area (Å²) in [6.07, 6.45) is 6.33. The summed E-state index contributed by atoms with van der Waals surface area (Å²) in [5.41, 5.74) is 4.07. The third-order valence-electron chi connectivity index (χ3n) is 6.31. The Morgan fingerprint density at radius 1 is 0.811 bits per heavy atom. The van der Waals surface area contributed by atoms with Crippen LogP contribution in [0.2, 0.25) is 0 Å². The van der Waals surface area contributed by atoms with Crippen LogP contribution in [0, 0.1) is 0 Å². The normalized spacial score (nSPS) is 11.2. The number of thiazole rings is 1. The van der Waals surface area contributed by atoms with Gasteiger partial charge in [0.1, 0.15) is 23.6 Å². The zero-order chi connectivity index (χ0) is 25.7. The first-order valence-electron chi connectivity index (χ1n) is 13.1. The number of aromatic amines is 1. The lowest BCUT2D eigenvalue weighted by Crippen LogP contribution is -2.18. The molecule has 0 spiro atoms. The summed E-state index contributed by atoms with van der Waals surface area (Å²) < 4.78 is 12.5. The van der Waals surface area contributed by atoms with E-state index in [9.17, 15) is 9.90 Å². The van der Waals surface area contributed by atoms with Crippen molar-refractivity contribution in [3.8, 4) is 11.5 Å². The first-order chi connectivity index (χ1) is 18.2. The second kappa shape index (κ2) is 14.6. The largest absolute Gasteiger partial charge is 0.506 e. The maximum absolute atomic E-state index is 11.6. The number of aromatic nitrogens is 1. The number of ether oxygens (including phenoxy) is 2. The molecule has 0 aliphatic rings. The van der Waals surface area contributed by atoms with Crippen LogP contribution in [0.25, 0.3) is 10.2 Å². The van der Waals surface area contributed by atoms with Gasteiger partial charge in [-0.15, -0.1) is 0 Å². The van der Waals surface area contributed by atoms with E-state index < -0.39 is 0 Å². The molecule has 6 nitrogen and oxygen atoms in total. The fraction of sp³-hybridized carbons (Fsp3) is 0.367. The quantitative estimate of drug-likeness (QED) is 0.162. The van der Waals surface area contributed by atoms with E-state index in [1.807, 2.05) is 36.4 Å². The third kappa shape index (κ3) is 8.74. The van der Waals surface area contributed by atoms with Crippen LogP contribution >= 0.6 is 11.3 Å². The van der Waals surface area contributed by atoms with Gasteiger partial charge in [0.25, 0.3) is 0 Å². The molecule has 0 unspecified atom stereocenters. The van der Waals surface area contributed by atoms with Crippen molar-refractivity contribution < 1.29 is 14.6 Å². The molecule has 1 heterocycles. The maximum atomic E-state index is 11.6. The highest BCUT2D eigenvalue weighted by molar-refractivity contribution is 7.16. The van der Waals surface area contributed by atoms with Gasteiger partial charge in [-0.3, -0.25) is 4.79 Å². The van der Waals surface area contributed by atoms with Crippen molar-refractivity contribution in [2.45, 2.75) is 45.1 Å². The lowest BCUT2D eigenvalue weighted by molar-refractivity contribution is 0.133. The third-order valence-corrected chi connectivity index (χ3v) is 7.27. The number of aromatic hydroxyl groups is 1. The number of hydrogen-bond acceptors (Lipinski definition) is 6. The predicted octanol–water partition coefficient (Wildman–Crippen LogP) is 5.83. The Morgan fingerprint density at radius 3 is 2.46 bits per heavy atom. The number of phenols is 1. The van der Waals surface area contributed by atoms with Crippen molar-refractivity contribution in [3.63, 3.8) is 0 Å². The van der Waals surface area contributed by atoms with Gasteiger partial charge in [-0.05, 0) is 73.7 Å². The molecule has 0 atom stereocenters. The Bertz CT molecular complexity index is 1270. The average molecular weight is 521 g/mol. The SMILES string of the molecule is O=c1[nH]c2c(O)ccc(CCNCCCCCCOCCc3ccc(OCc4ccccc4)cc3)c2s1. The summed E-state index contributed by atoms with van der Waals surface area (Å²) in [7, 11) is 0. The van der Waals surface area contributed by atoms with Crippen molar-refractivity contribution in [1.29, 1.82) is 0 Å². The minimum Gasteiger partial charge on any atom is -0.506 e. The lowest BCUT2D eigenvalue weighted by Gasteiger charge is -2.08. The van der Waals surface area contributed by atoms with Crippen LogP contribution < -0.4 is 14.9 Å². The number of rotatable bonds is 16. The second-order valence-electron chi connectivity index (χ2n) is 9.16. The van der Waals surface area contributed by atoms with Gasteiger partial charge in [-0.2, -0.15) is 0 Å². The van der Waals surface area contributed by atoms with Crippen molar-refractivity contribution in [1.82, 2.24) is 10.3 Å². The number of nitrogens with one attached hydrogen (secondary N) is 2. The molecule has 0 saturated heterocycles. The van der Waals surface area contributed by atoms with Gasteiger partial charge in [0.15, 0.2) is 0 Å². The summed E-state index contributed by atoms with van der Waals surface area (Å²) in [6, 6.07) is 22.0. The van der Waals surface area contributed by atoms with E-state index in [-0.39, 0.29) is 10.6 Å². The average Bonchev–Trinajstić information content (AvgIpc) is 3.33. The molecule has 3 N–H and O–H groups in total. The zero-order valence-electron chi connectivity index (χ0n) is 21.2. The molecule has 1 aromatic heterocycles. The van der Waals surface area contributed by atoms with Crippen LogP contribution in [0.15, 0.2) is 71.5 Å². The van der Waals surface area contributed by atoms with Crippen molar-refractivity contribution in [3.05, 3.63) is 93.1 Å². The van der Waals surface area contributed by atoms with Crippen molar-refractivity contribution in [2.24, 2.45) is 0 Å². The van der Waals surface area contributed by atoms with Crippen LogP contribution in [-0.2, 0) is 24.2 Å². The van der Waals surface area contributed by atoms with Gasteiger partial charge in [-0.25, -0.2) is 0 Å².